The van der Waals surface area contributed by atoms with Crippen molar-refractivity contribution in [1.29, 1.82) is 0 Å². The van der Waals surface area contributed by atoms with Gasteiger partial charge in [0.2, 0.25) is 0 Å². The maximum atomic E-state index is 6.96. The second kappa shape index (κ2) is 14.7. The highest BCUT2D eigenvalue weighted by molar-refractivity contribution is 6.21. The van der Waals surface area contributed by atoms with E-state index in [0.29, 0.717) is 17.5 Å². The first-order chi connectivity index (χ1) is 30.7. The van der Waals surface area contributed by atoms with Crippen molar-refractivity contribution in [2.24, 2.45) is 0 Å². The van der Waals surface area contributed by atoms with Crippen LogP contribution in [0.25, 0.3) is 117 Å². The van der Waals surface area contributed by atoms with Crippen LogP contribution < -0.4 is 0 Å². The molecule has 0 atom stereocenters. The summed E-state index contributed by atoms with van der Waals surface area (Å²) in [6.45, 7) is 0. The first kappa shape index (κ1) is 35.5. The summed E-state index contributed by atoms with van der Waals surface area (Å²) in [6, 6.07) is 76.3. The molecule has 62 heavy (non-hydrogen) atoms. The van der Waals surface area contributed by atoms with Crippen molar-refractivity contribution in [3.8, 4) is 73.2 Å². The number of rotatable bonds is 7. The smallest absolute Gasteiger partial charge is 0.164 e. The molecule has 9 aromatic carbocycles. The fourth-order valence-electron chi connectivity index (χ4n) is 8.79. The number of benzene rings is 9. The van der Waals surface area contributed by atoms with Crippen LogP contribution in [0.4, 0.5) is 0 Å². The van der Waals surface area contributed by atoms with Gasteiger partial charge in [-0.3, -0.25) is 0 Å². The zero-order valence-corrected chi connectivity index (χ0v) is 33.5. The van der Waals surface area contributed by atoms with Gasteiger partial charge in [-0.05, 0) is 75.8 Å². The maximum absolute atomic E-state index is 6.96. The molecule has 0 saturated heterocycles. The molecular formula is C57H36N4O. The van der Waals surface area contributed by atoms with E-state index in [1.54, 1.807) is 0 Å². The summed E-state index contributed by atoms with van der Waals surface area (Å²) in [5.41, 5.74) is 14.6. The molecule has 0 saturated carbocycles. The molecule has 0 amide bonds. The molecule has 0 aliphatic heterocycles. The highest BCUT2D eigenvalue weighted by atomic mass is 16.3. The van der Waals surface area contributed by atoms with Crippen molar-refractivity contribution in [2.45, 2.75) is 0 Å². The Balaban J connectivity index is 0.973. The monoisotopic (exact) mass is 792 g/mol. The van der Waals surface area contributed by atoms with Crippen molar-refractivity contribution in [2.75, 3.05) is 0 Å². The Kier molecular flexibility index (Phi) is 8.42. The van der Waals surface area contributed by atoms with Crippen LogP contribution in [-0.2, 0) is 0 Å². The summed E-state index contributed by atoms with van der Waals surface area (Å²) in [5.74, 6) is 1.81. The third-order valence-corrected chi connectivity index (χ3v) is 11.9. The molecular weight excluding hydrogens is 757 g/mol. The van der Waals surface area contributed by atoms with Gasteiger partial charge in [-0.2, -0.15) is 0 Å². The van der Waals surface area contributed by atoms with Gasteiger partial charge in [-0.1, -0.05) is 176 Å². The SMILES string of the molecule is c1ccc(-c2ccc(-c3nc(-c4ccccc4)nc(-c4ccc5c(c4)oc4c5ccc5c6ccccc6n(-c6ccc(-c7cccc(-c8ccccc8)c7)cc6)c54)n3)cc2)cc1. The lowest BCUT2D eigenvalue weighted by Crippen LogP contribution is -2.00. The molecule has 12 rings (SSSR count). The quantitative estimate of drug-likeness (QED) is 0.161. The summed E-state index contributed by atoms with van der Waals surface area (Å²) in [7, 11) is 0. The first-order valence-corrected chi connectivity index (χ1v) is 20.8. The van der Waals surface area contributed by atoms with Crippen LogP contribution in [0.3, 0.4) is 0 Å². The summed E-state index contributed by atoms with van der Waals surface area (Å²) in [4.78, 5) is 15.1. The number of fused-ring (bicyclic) bond motifs is 7. The molecule has 0 unspecified atom stereocenters. The Morgan fingerprint density at radius 1 is 0.306 bits per heavy atom. The Hall–Kier alpha value is -8.41. The first-order valence-electron chi connectivity index (χ1n) is 20.8. The molecule has 3 heterocycles. The van der Waals surface area contributed by atoms with Gasteiger partial charge in [-0.15, -0.1) is 0 Å². The summed E-state index contributed by atoms with van der Waals surface area (Å²) in [6.07, 6.45) is 0. The lowest BCUT2D eigenvalue weighted by molar-refractivity contribution is 0.671. The lowest BCUT2D eigenvalue weighted by atomic mass is 9.99. The van der Waals surface area contributed by atoms with Crippen LogP contribution in [0.5, 0.6) is 0 Å². The van der Waals surface area contributed by atoms with Crippen LogP contribution in [-0.4, -0.2) is 19.5 Å². The summed E-state index contributed by atoms with van der Waals surface area (Å²) in [5, 5.41) is 4.40. The fourth-order valence-corrected chi connectivity index (χ4v) is 8.79. The van der Waals surface area contributed by atoms with Gasteiger partial charge in [0.25, 0.3) is 0 Å². The number of nitrogens with zero attached hydrogens (tertiary/aromatic N) is 4. The van der Waals surface area contributed by atoms with Crippen molar-refractivity contribution in [3.63, 3.8) is 0 Å². The van der Waals surface area contributed by atoms with Crippen LogP contribution >= 0.6 is 0 Å². The Morgan fingerprint density at radius 3 is 1.44 bits per heavy atom. The highest BCUT2D eigenvalue weighted by Gasteiger charge is 2.20. The highest BCUT2D eigenvalue weighted by Crippen LogP contribution is 2.41. The van der Waals surface area contributed by atoms with E-state index >= 15 is 0 Å². The van der Waals surface area contributed by atoms with E-state index in [9.17, 15) is 0 Å². The predicted octanol–water partition coefficient (Wildman–Crippen LogP) is 14.9. The number of hydrogen-bond acceptors (Lipinski definition) is 4. The van der Waals surface area contributed by atoms with Crippen LogP contribution in [0.2, 0.25) is 0 Å². The maximum Gasteiger partial charge on any atom is 0.164 e. The number of hydrogen-bond donors (Lipinski definition) is 0. The molecule has 0 aliphatic rings. The average molecular weight is 793 g/mol. The third kappa shape index (κ3) is 6.14. The van der Waals surface area contributed by atoms with Crippen molar-refractivity contribution >= 4 is 43.7 Å². The number of aromatic nitrogens is 4. The van der Waals surface area contributed by atoms with Gasteiger partial charge in [0.15, 0.2) is 23.1 Å². The molecule has 5 heteroatoms. The van der Waals surface area contributed by atoms with Crippen LogP contribution in [0.15, 0.2) is 223 Å². The zero-order chi connectivity index (χ0) is 41.0. The second-order valence-corrected chi connectivity index (χ2v) is 15.6. The van der Waals surface area contributed by atoms with E-state index < -0.39 is 0 Å². The molecule has 5 nitrogen and oxygen atoms in total. The van der Waals surface area contributed by atoms with Crippen LogP contribution in [0.1, 0.15) is 0 Å². The number of furan rings is 1. The minimum atomic E-state index is 0.581. The van der Waals surface area contributed by atoms with E-state index in [1.165, 1.54) is 22.1 Å². The summed E-state index contributed by atoms with van der Waals surface area (Å²) >= 11 is 0. The Labute approximate surface area is 357 Å². The van der Waals surface area contributed by atoms with Gasteiger partial charge in [0, 0.05) is 43.9 Å². The molecule has 290 valence electrons. The Morgan fingerprint density at radius 2 is 0.758 bits per heavy atom. The Bertz CT molecular complexity index is 3590. The minimum Gasteiger partial charge on any atom is -0.454 e. The van der Waals surface area contributed by atoms with E-state index in [-0.39, 0.29) is 0 Å². The van der Waals surface area contributed by atoms with Gasteiger partial charge in [0.05, 0.1) is 11.0 Å². The molecule has 0 bridgehead atoms. The molecule has 0 radical (unpaired) electrons. The molecule has 0 spiro atoms. The van der Waals surface area contributed by atoms with Crippen LogP contribution in [0, 0.1) is 0 Å². The normalized spacial score (nSPS) is 11.5. The van der Waals surface area contributed by atoms with E-state index in [2.05, 4.69) is 187 Å². The molecule has 0 fully saturated rings. The molecule has 12 aromatic rings. The van der Waals surface area contributed by atoms with E-state index in [4.69, 9.17) is 19.4 Å². The van der Waals surface area contributed by atoms with Crippen molar-refractivity contribution < 1.29 is 4.42 Å². The van der Waals surface area contributed by atoms with Crippen molar-refractivity contribution in [1.82, 2.24) is 19.5 Å². The topological polar surface area (TPSA) is 56.7 Å². The molecule has 0 N–H and O–H groups in total. The average Bonchev–Trinajstić information content (AvgIpc) is 3.90. The van der Waals surface area contributed by atoms with E-state index in [1.807, 2.05) is 36.4 Å². The van der Waals surface area contributed by atoms with Gasteiger partial charge >= 0.3 is 0 Å². The van der Waals surface area contributed by atoms with Gasteiger partial charge < -0.3 is 8.98 Å². The summed E-state index contributed by atoms with van der Waals surface area (Å²) < 4.78 is 9.30. The lowest BCUT2D eigenvalue weighted by Gasteiger charge is -2.10. The molecule has 3 aromatic heterocycles. The third-order valence-electron chi connectivity index (χ3n) is 11.9. The minimum absolute atomic E-state index is 0.581. The standard InChI is InChI=1S/C57H36N4O/c1-4-13-37(14-5-1)39-23-25-42(26-24-39)56-58-55(41-17-8-3-9-18-41)59-57(60-56)45-29-32-48-50-34-33-49-47-21-10-11-22-51(47)61(53(49)54(50)62-52(48)36-45)46-30-27-40(28-31-46)44-20-12-19-43(35-44)38-15-6-2-7-16-38/h1-36H. The zero-order valence-electron chi connectivity index (χ0n) is 33.5. The number of para-hydroxylation sites is 1. The van der Waals surface area contributed by atoms with Gasteiger partial charge in [0.1, 0.15) is 5.58 Å². The van der Waals surface area contributed by atoms with Crippen molar-refractivity contribution in [3.05, 3.63) is 218 Å². The second-order valence-electron chi connectivity index (χ2n) is 15.6. The van der Waals surface area contributed by atoms with E-state index in [0.717, 1.165) is 77.4 Å². The molecule has 0 aliphatic carbocycles. The fraction of sp³-hybridized carbons (Fsp3) is 0. The largest absolute Gasteiger partial charge is 0.454 e. The predicted molar refractivity (Wildman–Crippen MR) is 254 cm³/mol. The van der Waals surface area contributed by atoms with Gasteiger partial charge in [-0.25, -0.2) is 15.0 Å².